The average molecular weight is 198 g/mol. The highest BCUT2D eigenvalue weighted by Gasteiger charge is 2.20. The highest BCUT2D eigenvalue weighted by Crippen LogP contribution is 2.11. The second-order valence-corrected chi connectivity index (χ2v) is 2.80. The van der Waals surface area contributed by atoms with E-state index < -0.39 is 12.5 Å². The van der Waals surface area contributed by atoms with Crippen LogP contribution in [0.1, 0.15) is 12.6 Å². The van der Waals surface area contributed by atoms with E-state index >= 15 is 0 Å². The molecule has 0 unspecified atom stereocenters. The summed E-state index contributed by atoms with van der Waals surface area (Å²) in [5.74, 6) is -2.79. The molecule has 4 nitrogen and oxygen atoms in total. The molecule has 0 fully saturated rings. The molecule has 0 spiro atoms. The number of nitrogens with one attached hydrogen (secondary N) is 1. The summed E-state index contributed by atoms with van der Waals surface area (Å²) in [6.45, 7) is 0.232. The molecule has 0 aliphatic rings. The van der Waals surface area contributed by atoms with Crippen molar-refractivity contribution in [2.45, 2.75) is 12.8 Å². The first kappa shape index (κ1) is 10.3. The van der Waals surface area contributed by atoms with E-state index in [2.05, 4.69) is 15.3 Å². The number of hydrogen-bond donors (Lipinski definition) is 1. The Hall–Kier alpha value is -1.77. The van der Waals surface area contributed by atoms with Crippen molar-refractivity contribution in [2.75, 3.05) is 11.9 Å². The third-order valence-electron chi connectivity index (χ3n) is 1.33. The predicted octanol–water partition coefficient (Wildman–Crippen LogP) is 1.42. The topological polar surface area (TPSA) is 61.6 Å². The van der Waals surface area contributed by atoms with Gasteiger partial charge in [-0.25, -0.2) is 18.7 Å². The van der Waals surface area contributed by atoms with Crippen molar-refractivity contribution in [1.29, 1.82) is 5.26 Å². The number of nitriles is 1. The monoisotopic (exact) mass is 198 g/mol. The maximum Gasteiger partial charge on any atom is 0.262 e. The van der Waals surface area contributed by atoms with Gasteiger partial charge in [-0.05, 0) is 6.07 Å². The van der Waals surface area contributed by atoms with Crippen LogP contribution >= 0.6 is 0 Å². The largest absolute Gasteiger partial charge is 0.348 e. The molecule has 0 radical (unpaired) electrons. The molecule has 1 aromatic rings. The highest BCUT2D eigenvalue weighted by atomic mass is 19.3. The lowest BCUT2D eigenvalue weighted by Crippen LogP contribution is -2.23. The number of nitrogens with zero attached hydrogens (tertiary/aromatic N) is 3. The van der Waals surface area contributed by atoms with Crippen LogP contribution in [0.5, 0.6) is 0 Å². The minimum absolute atomic E-state index is 0.0329. The Balaban J connectivity index is 2.65. The van der Waals surface area contributed by atoms with E-state index in [1.165, 1.54) is 12.3 Å². The summed E-state index contributed by atoms with van der Waals surface area (Å²) in [6.07, 6.45) is 1.34. The summed E-state index contributed by atoms with van der Waals surface area (Å²) in [6, 6.07) is 3.18. The fourth-order valence-electron chi connectivity index (χ4n) is 0.740. The molecule has 0 aliphatic heterocycles. The average Bonchev–Trinajstić information content (AvgIpc) is 2.14. The Labute approximate surface area is 79.6 Å². The molecule has 0 saturated carbocycles. The van der Waals surface area contributed by atoms with E-state index in [-0.39, 0.29) is 11.6 Å². The summed E-state index contributed by atoms with van der Waals surface area (Å²) in [5.41, 5.74) is 0.141. The molecule has 1 aromatic heterocycles. The van der Waals surface area contributed by atoms with Crippen molar-refractivity contribution in [1.82, 2.24) is 9.97 Å². The molecule has 0 aromatic carbocycles. The quantitative estimate of drug-likeness (QED) is 0.797. The van der Waals surface area contributed by atoms with Crippen LogP contribution in [-0.2, 0) is 0 Å². The van der Waals surface area contributed by atoms with Crippen LogP contribution in [-0.4, -0.2) is 22.4 Å². The third kappa shape index (κ3) is 3.31. The van der Waals surface area contributed by atoms with Gasteiger partial charge in [-0.1, -0.05) is 0 Å². The van der Waals surface area contributed by atoms with E-state index in [9.17, 15) is 8.78 Å². The second kappa shape index (κ2) is 3.96. The van der Waals surface area contributed by atoms with Gasteiger partial charge in [0.1, 0.15) is 11.8 Å². The molecule has 1 heterocycles. The van der Waals surface area contributed by atoms with Gasteiger partial charge in [-0.15, -0.1) is 0 Å². The lowest BCUT2D eigenvalue weighted by Gasteiger charge is -2.10. The lowest BCUT2D eigenvalue weighted by atomic mass is 10.4. The minimum atomic E-state index is -2.83. The Morgan fingerprint density at radius 1 is 1.64 bits per heavy atom. The Bertz CT molecular complexity index is 353. The second-order valence-electron chi connectivity index (χ2n) is 2.80. The van der Waals surface area contributed by atoms with Crippen LogP contribution in [0.15, 0.2) is 12.3 Å². The molecule has 6 heteroatoms. The molecule has 1 N–H and O–H groups in total. The minimum Gasteiger partial charge on any atom is -0.348 e. The smallest absolute Gasteiger partial charge is 0.262 e. The summed E-state index contributed by atoms with van der Waals surface area (Å²) < 4.78 is 24.8. The van der Waals surface area contributed by atoms with Gasteiger partial charge in [0, 0.05) is 13.1 Å². The first-order chi connectivity index (χ1) is 6.51. The number of hydrogen-bond acceptors (Lipinski definition) is 4. The normalized spacial score (nSPS) is 10.7. The van der Waals surface area contributed by atoms with Crippen LogP contribution in [0.3, 0.4) is 0 Å². The molecule has 0 atom stereocenters. The first-order valence-electron chi connectivity index (χ1n) is 3.86. The zero-order valence-corrected chi connectivity index (χ0v) is 7.46. The predicted molar refractivity (Wildman–Crippen MR) is 45.9 cm³/mol. The van der Waals surface area contributed by atoms with Gasteiger partial charge in [-0.2, -0.15) is 5.26 Å². The molecule has 0 amide bonds. The number of aromatic nitrogens is 2. The molecule has 0 bridgehead atoms. The molecule has 0 saturated heterocycles. The molecule has 74 valence electrons. The van der Waals surface area contributed by atoms with Gasteiger partial charge in [0.2, 0.25) is 5.95 Å². The van der Waals surface area contributed by atoms with E-state index in [0.717, 1.165) is 6.92 Å². The zero-order valence-electron chi connectivity index (χ0n) is 7.46. The van der Waals surface area contributed by atoms with Crippen LogP contribution < -0.4 is 5.32 Å². The van der Waals surface area contributed by atoms with Crippen molar-refractivity contribution < 1.29 is 8.78 Å². The van der Waals surface area contributed by atoms with Crippen molar-refractivity contribution in [3.05, 3.63) is 18.0 Å². The van der Waals surface area contributed by atoms with Crippen molar-refractivity contribution in [3.63, 3.8) is 0 Å². The lowest BCUT2D eigenvalue weighted by molar-refractivity contribution is 0.0366. The first-order valence-corrected chi connectivity index (χ1v) is 3.86. The van der Waals surface area contributed by atoms with E-state index in [1.807, 2.05) is 0 Å². The fraction of sp³-hybridized carbons (Fsp3) is 0.375. The molecule has 14 heavy (non-hydrogen) atoms. The fourth-order valence-corrected chi connectivity index (χ4v) is 0.740. The van der Waals surface area contributed by atoms with Gasteiger partial charge in [-0.3, -0.25) is 0 Å². The van der Waals surface area contributed by atoms with Crippen LogP contribution in [0.2, 0.25) is 0 Å². The van der Waals surface area contributed by atoms with Crippen molar-refractivity contribution in [2.24, 2.45) is 0 Å². The summed E-state index contributed by atoms with van der Waals surface area (Å²) in [7, 11) is 0. The van der Waals surface area contributed by atoms with Crippen molar-refractivity contribution in [3.8, 4) is 6.07 Å². The summed E-state index contributed by atoms with van der Waals surface area (Å²) in [5, 5.41) is 10.8. The van der Waals surface area contributed by atoms with Crippen LogP contribution in [0, 0.1) is 11.3 Å². The number of halogens is 2. The summed E-state index contributed by atoms with van der Waals surface area (Å²) in [4.78, 5) is 7.36. The standard InChI is InChI=1S/C8H8F2N4/c1-8(9,10)5-13-7-12-3-2-6(4-11)14-7/h2-3H,5H2,1H3,(H,12,13,14). The Kier molecular flexibility index (Phi) is 2.92. The number of alkyl halides is 2. The molecule has 1 rings (SSSR count). The van der Waals surface area contributed by atoms with Crippen LogP contribution in [0.25, 0.3) is 0 Å². The molecular weight excluding hydrogens is 190 g/mol. The van der Waals surface area contributed by atoms with Gasteiger partial charge < -0.3 is 5.32 Å². The third-order valence-corrected chi connectivity index (χ3v) is 1.33. The van der Waals surface area contributed by atoms with E-state index in [4.69, 9.17) is 5.26 Å². The van der Waals surface area contributed by atoms with Crippen LogP contribution in [0.4, 0.5) is 14.7 Å². The summed E-state index contributed by atoms with van der Waals surface area (Å²) >= 11 is 0. The Morgan fingerprint density at radius 2 is 2.36 bits per heavy atom. The molecular formula is C8H8F2N4. The van der Waals surface area contributed by atoms with Gasteiger partial charge in [0.25, 0.3) is 5.92 Å². The van der Waals surface area contributed by atoms with E-state index in [0.29, 0.717) is 0 Å². The number of rotatable bonds is 3. The maximum absolute atomic E-state index is 12.4. The zero-order chi connectivity index (χ0) is 10.6. The Morgan fingerprint density at radius 3 is 2.93 bits per heavy atom. The highest BCUT2D eigenvalue weighted by molar-refractivity contribution is 5.30. The van der Waals surface area contributed by atoms with Gasteiger partial charge in [0.05, 0.1) is 6.54 Å². The van der Waals surface area contributed by atoms with E-state index in [1.54, 1.807) is 6.07 Å². The number of anilines is 1. The molecule has 0 aliphatic carbocycles. The van der Waals surface area contributed by atoms with Gasteiger partial charge >= 0.3 is 0 Å². The maximum atomic E-state index is 12.4. The van der Waals surface area contributed by atoms with Gasteiger partial charge in [0.15, 0.2) is 0 Å². The SMILES string of the molecule is CC(F)(F)CNc1nccc(C#N)n1. The van der Waals surface area contributed by atoms with Crippen molar-refractivity contribution >= 4 is 5.95 Å².